The van der Waals surface area contributed by atoms with Crippen LogP contribution >= 0.6 is 12.4 Å². The van der Waals surface area contributed by atoms with Crippen molar-refractivity contribution in [2.75, 3.05) is 6.54 Å². The summed E-state index contributed by atoms with van der Waals surface area (Å²) < 4.78 is 27.7. The number of halogens is 3. The number of aromatic nitrogens is 3. The lowest BCUT2D eigenvalue weighted by atomic mass is 10.0. The van der Waals surface area contributed by atoms with Crippen LogP contribution in [0.4, 0.5) is 8.78 Å². The molecular weight excluding hydrogens is 398 g/mol. The number of aromatic hydroxyl groups is 1. The molecule has 3 aromatic rings. The Bertz CT molecular complexity index is 1020. The number of hydrogen-bond donors (Lipinski definition) is 3. The molecule has 3 rings (SSSR count). The number of carboxylic acids is 1. The van der Waals surface area contributed by atoms with Crippen molar-refractivity contribution < 1.29 is 28.6 Å². The summed E-state index contributed by atoms with van der Waals surface area (Å²) in [5.74, 6) is -3.87. The molecule has 0 aliphatic rings. The van der Waals surface area contributed by atoms with Crippen molar-refractivity contribution in [1.29, 1.82) is 0 Å². The summed E-state index contributed by atoms with van der Waals surface area (Å²) >= 11 is 0. The molecule has 0 aliphatic heterocycles. The number of nitrogens with one attached hydrogen (secondary N) is 1. The Kier molecular flexibility index (Phi) is 6.47. The molecule has 8 nitrogen and oxygen atoms in total. The predicted molar refractivity (Wildman–Crippen MR) is 95.6 cm³/mol. The zero-order chi connectivity index (χ0) is 19.6. The van der Waals surface area contributed by atoms with E-state index in [9.17, 15) is 23.5 Å². The van der Waals surface area contributed by atoms with Crippen molar-refractivity contribution in [2.24, 2.45) is 0 Å². The van der Waals surface area contributed by atoms with Crippen molar-refractivity contribution in [2.45, 2.75) is 12.8 Å². The van der Waals surface area contributed by atoms with Crippen molar-refractivity contribution in [1.82, 2.24) is 19.9 Å². The number of aliphatic carboxylic acids is 1. The summed E-state index contributed by atoms with van der Waals surface area (Å²) in [6, 6.07) is 4.49. The monoisotopic (exact) mass is 412 g/mol. The second-order valence-electron chi connectivity index (χ2n) is 5.75. The van der Waals surface area contributed by atoms with Crippen LogP contribution in [0.1, 0.15) is 21.6 Å². The van der Waals surface area contributed by atoms with Crippen LogP contribution in [0.15, 0.2) is 30.6 Å². The number of carboxylic acid groups (broad SMARTS) is 1. The smallest absolute Gasteiger partial charge is 0.322 e. The molecule has 1 aromatic carbocycles. The van der Waals surface area contributed by atoms with E-state index >= 15 is 0 Å². The normalized spacial score (nSPS) is 10.5. The molecule has 0 bridgehead atoms. The Morgan fingerprint density at radius 1 is 1.11 bits per heavy atom. The van der Waals surface area contributed by atoms with Gasteiger partial charge in [0.25, 0.3) is 5.91 Å². The zero-order valence-corrected chi connectivity index (χ0v) is 15.0. The fourth-order valence-corrected chi connectivity index (χ4v) is 2.70. The topological polar surface area (TPSA) is 117 Å². The highest BCUT2D eigenvalue weighted by Crippen LogP contribution is 2.23. The van der Waals surface area contributed by atoms with Crippen LogP contribution in [-0.2, 0) is 17.6 Å². The maximum absolute atomic E-state index is 13.3. The van der Waals surface area contributed by atoms with Crippen molar-refractivity contribution >= 4 is 29.9 Å². The van der Waals surface area contributed by atoms with Crippen LogP contribution < -0.4 is 5.32 Å². The maximum Gasteiger partial charge on any atom is 0.322 e. The highest BCUT2D eigenvalue weighted by Gasteiger charge is 2.20. The molecule has 11 heteroatoms. The van der Waals surface area contributed by atoms with Crippen LogP contribution in [0.2, 0.25) is 0 Å². The molecule has 0 fully saturated rings. The molecule has 2 heterocycles. The molecule has 148 valence electrons. The first kappa shape index (κ1) is 21.0. The van der Waals surface area contributed by atoms with Crippen molar-refractivity contribution in [3.8, 4) is 5.75 Å². The fourth-order valence-electron chi connectivity index (χ4n) is 2.70. The van der Waals surface area contributed by atoms with Crippen molar-refractivity contribution in [3.05, 3.63) is 59.0 Å². The molecule has 0 atom stereocenters. The fraction of sp³-hybridized carbons (Fsp3) is 0.176. The van der Waals surface area contributed by atoms with Gasteiger partial charge >= 0.3 is 5.97 Å². The Hall–Kier alpha value is -3.27. The van der Waals surface area contributed by atoms with E-state index in [1.807, 2.05) is 0 Å². The lowest BCUT2D eigenvalue weighted by Crippen LogP contribution is -2.31. The average molecular weight is 413 g/mol. The molecule has 0 spiro atoms. The van der Waals surface area contributed by atoms with Gasteiger partial charge in [-0.15, -0.1) is 12.4 Å². The van der Waals surface area contributed by atoms with Gasteiger partial charge in [0.1, 0.15) is 30.3 Å². The third-order valence-corrected chi connectivity index (χ3v) is 3.82. The number of benzene rings is 1. The molecule has 1 amide bonds. The van der Waals surface area contributed by atoms with Gasteiger partial charge in [-0.1, -0.05) is 0 Å². The molecule has 3 N–H and O–H groups in total. The van der Waals surface area contributed by atoms with Gasteiger partial charge < -0.3 is 15.5 Å². The summed E-state index contributed by atoms with van der Waals surface area (Å²) in [4.78, 5) is 26.8. The van der Waals surface area contributed by atoms with E-state index in [0.29, 0.717) is 11.1 Å². The van der Waals surface area contributed by atoms with Crippen LogP contribution in [0, 0.1) is 11.6 Å². The standard InChI is InChI=1S/C17H14F2N4O4.ClH/c18-11-3-9(4-12(19)6-11)1-2-10-5-13(24)15(17(27)20-7-14(25)26)23-16(10)21-8-22-23;/h3-6,8,24H,1-2,7H2,(H,20,27)(H,25,26);1H. The third-order valence-electron chi connectivity index (χ3n) is 3.82. The maximum atomic E-state index is 13.3. The number of pyridine rings is 1. The molecule has 0 saturated heterocycles. The number of nitrogens with zero attached hydrogens (tertiary/aromatic N) is 3. The highest BCUT2D eigenvalue weighted by molar-refractivity contribution is 5.97. The lowest BCUT2D eigenvalue weighted by Gasteiger charge is -2.10. The molecular formula is C17H15ClF2N4O4. The third kappa shape index (κ3) is 4.52. The van der Waals surface area contributed by atoms with Crippen LogP contribution in [-0.4, -0.2) is 43.2 Å². The Morgan fingerprint density at radius 2 is 1.79 bits per heavy atom. The molecule has 0 saturated carbocycles. The van der Waals surface area contributed by atoms with Gasteiger partial charge in [0, 0.05) is 11.6 Å². The van der Waals surface area contributed by atoms with Gasteiger partial charge in [0.05, 0.1) is 0 Å². The number of carbonyl (C=O) groups excluding carboxylic acids is 1. The summed E-state index contributed by atoms with van der Waals surface area (Å²) in [6.45, 7) is -0.624. The van der Waals surface area contributed by atoms with Crippen molar-refractivity contribution in [3.63, 3.8) is 0 Å². The van der Waals surface area contributed by atoms with Gasteiger partial charge in [0.2, 0.25) is 0 Å². The number of carbonyl (C=O) groups is 2. The SMILES string of the molecule is Cl.O=C(O)CNC(=O)c1c(O)cc(CCc2cc(F)cc(F)c2)c2ncnn12. The molecule has 0 unspecified atom stereocenters. The summed E-state index contributed by atoms with van der Waals surface area (Å²) in [5.41, 5.74) is 0.937. The van der Waals surface area contributed by atoms with Gasteiger partial charge in [-0.3, -0.25) is 9.59 Å². The van der Waals surface area contributed by atoms with E-state index in [0.717, 1.165) is 10.6 Å². The Balaban J connectivity index is 0.00000280. The number of fused-ring (bicyclic) bond motifs is 1. The number of hydrogen-bond acceptors (Lipinski definition) is 5. The first-order valence-corrected chi connectivity index (χ1v) is 7.84. The largest absolute Gasteiger partial charge is 0.505 e. The highest BCUT2D eigenvalue weighted by atomic mass is 35.5. The lowest BCUT2D eigenvalue weighted by molar-refractivity contribution is -0.135. The predicted octanol–water partition coefficient (Wildman–Crippen LogP) is 1.73. The first-order valence-electron chi connectivity index (χ1n) is 7.84. The van der Waals surface area contributed by atoms with Crippen LogP contribution in [0.5, 0.6) is 5.75 Å². The van der Waals surface area contributed by atoms with Crippen LogP contribution in [0.25, 0.3) is 5.65 Å². The minimum absolute atomic E-state index is 0. The second-order valence-corrected chi connectivity index (χ2v) is 5.75. The molecule has 2 aromatic heterocycles. The average Bonchev–Trinajstić information content (AvgIpc) is 3.06. The van der Waals surface area contributed by atoms with Gasteiger partial charge in [-0.05, 0) is 36.6 Å². The van der Waals surface area contributed by atoms with E-state index in [4.69, 9.17) is 5.11 Å². The summed E-state index contributed by atoms with van der Waals surface area (Å²) in [6.07, 6.45) is 1.71. The van der Waals surface area contributed by atoms with E-state index in [-0.39, 0.29) is 36.6 Å². The van der Waals surface area contributed by atoms with E-state index in [1.54, 1.807) is 0 Å². The molecule has 28 heavy (non-hydrogen) atoms. The Morgan fingerprint density at radius 3 is 2.43 bits per heavy atom. The van der Waals surface area contributed by atoms with Gasteiger partial charge in [-0.2, -0.15) is 5.10 Å². The molecule has 0 radical (unpaired) electrons. The van der Waals surface area contributed by atoms with Gasteiger partial charge in [-0.25, -0.2) is 18.3 Å². The number of rotatable bonds is 6. The quantitative estimate of drug-likeness (QED) is 0.567. The second kappa shape index (κ2) is 8.61. The zero-order valence-electron chi connectivity index (χ0n) is 14.2. The van der Waals surface area contributed by atoms with E-state index < -0.39 is 35.8 Å². The molecule has 0 aliphatic carbocycles. The van der Waals surface area contributed by atoms with Gasteiger partial charge in [0.15, 0.2) is 11.3 Å². The summed E-state index contributed by atoms with van der Waals surface area (Å²) in [5, 5.41) is 24.9. The number of aryl methyl sites for hydroxylation is 2. The Labute approximate surface area is 163 Å². The van der Waals surface area contributed by atoms with Crippen LogP contribution in [0.3, 0.4) is 0 Å². The summed E-state index contributed by atoms with van der Waals surface area (Å²) in [7, 11) is 0. The first-order chi connectivity index (χ1) is 12.8. The van der Waals surface area contributed by atoms with E-state index in [1.165, 1.54) is 24.5 Å². The number of amides is 1. The minimum Gasteiger partial charge on any atom is -0.505 e. The van der Waals surface area contributed by atoms with E-state index in [2.05, 4.69) is 15.4 Å². The minimum atomic E-state index is -1.24.